The summed E-state index contributed by atoms with van der Waals surface area (Å²) in [5.41, 5.74) is 4.64. The van der Waals surface area contributed by atoms with Crippen molar-refractivity contribution in [1.82, 2.24) is 9.38 Å². The summed E-state index contributed by atoms with van der Waals surface area (Å²) in [5.74, 6) is 0.587. The average Bonchev–Trinajstić information content (AvgIpc) is 3.53. The molecule has 0 unspecified atom stereocenters. The molecule has 6 nitrogen and oxygen atoms in total. The number of hydrogen-bond acceptors (Lipinski definition) is 5. The predicted octanol–water partition coefficient (Wildman–Crippen LogP) is 5.11. The van der Waals surface area contributed by atoms with Crippen LogP contribution in [-0.4, -0.2) is 34.6 Å². The molecule has 7 heteroatoms. The van der Waals surface area contributed by atoms with Gasteiger partial charge in [-0.2, -0.15) is 0 Å². The standard InChI is InChI=1S/C25H25N3O3S/c1-17-9-10-21(23(12-17)31-15-20-8-5-11-30-20)26-24(29)13-19-16-32-25-27-22(14-28(19)25)18-6-3-2-4-7-18/h2-4,6-7,9-10,12,14,16,20H,5,8,11,13,15H2,1H3,(H,26,29)/t20-/m1/s1. The number of carbonyl (C=O) groups excluding carboxylic acids is 1. The number of hydrogen-bond donors (Lipinski definition) is 1. The SMILES string of the molecule is Cc1ccc(NC(=O)Cc2csc3nc(-c4ccccc4)cn23)c(OC[C@H]2CCCO2)c1. The van der Waals surface area contributed by atoms with E-state index in [1.54, 1.807) is 0 Å². The third-order valence-corrected chi connectivity index (χ3v) is 6.44. The van der Waals surface area contributed by atoms with Crippen molar-refractivity contribution in [2.75, 3.05) is 18.5 Å². The van der Waals surface area contributed by atoms with Crippen molar-refractivity contribution in [2.24, 2.45) is 0 Å². The summed E-state index contributed by atoms with van der Waals surface area (Å²) >= 11 is 1.54. The van der Waals surface area contributed by atoms with Gasteiger partial charge >= 0.3 is 0 Å². The van der Waals surface area contributed by atoms with E-state index in [1.807, 2.05) is 71.4 Å². The fourth-order valence-electron chi connectivity index (χ4n) is 3.87. The van der Waals surface area contributed by atoms with Crippen molar-refractivity contribution >= 4 is 27.9 Å². The fourth-order valence-corrected chi connectivity index (χ4v) is 4.75. The van der Waals surface area contributed by atoms with E-state index in [0.717, 1.165) is 46.9 Å². The quantitative estimate of drug-likeness (QED) is 0.428. The van der Waals surface area contributed by atoms with E-state index in [-0.39, 0.29) is 18.4 Å². The van der Waals surface area contributed by atoms with Gasteiger partial charge in [-0.25, -0.2) is 4.98 Å². The molecular formula is C25H25N3O3S. The van der Waals surface area contributed by atoms with E-state index < -0.39 is 0 Å². The van der Waals surface area contributed by atoms with Crippen LogP contribution in [0.15, 0.2) is 60.1 Å². The van der Waals surface area contributed by atoms with Crippen LogP contribution in [0, 0.1) is 6.92 Å². The monoisotopic (exact) mass is 447 g/mol. The molecule has 2 aromatic carbocycles. The summed E-state index contributed by atoms with van der Waals surface area (Å²) < 4.78 is 13.7. The normalized spacial score (nSPS) is 15.8. The van der Waals surface area contributed by atoms with E-state index in [1.165, 1.54) is 11.3 Å². The Balaban J connectivity index is 1.29. The van der Waals surface area contributed by atoms with Gasteiger partial charge < -0.3 is 14.8 Å². The molecule has 0 bridgehead atoms. The molecule has 1 aliphatic rings. The molecular weight excluding hydrogens is 422 g/mol. The molecule has 1 fully saturated rings. The molecule has 32 heavy (non-hydrogen) atoms. The van der Waals surface area contributed by atoms with Crippen LogP contribution in [0.5, 0.6) is 5.75 Å². The van der Waals surface area contributed by atoms with Crippen LogP contribution in [0.4, 0.5) is 5.69 Å². The number of ether oxygens (including phenoxy) is 2. The smallest absolute Gasteiger partial charge is 0.230 e. The van der Waals surface area contributed by atoms with Gasteiger partial charge in [-0.15, -0.1) is 11.3 Å². The number of nitrogens with one attached hydrogen (secondary N) is 1. The number of aryl methyl sites for hydroxylation is 1. The van der Waals surface area contributed by atoms with Crippen molar-refractivity contribution in [2.45, 2.75) is 32.3 Å². The van der Waals surface area contributed by atoms with E-state index >= 15 is 0 Å². The average molecular weight is 448 g/mol. The topological polar surface area (TPSA) is 64.9 Å². The molecule has 1 aliphatic heterocycles. The number of rotatable bonds is 7. The molecule has 0 radical (unpaired) electrons. The minimum atomic E-state index is -0.0921. The Hall–Kier alpha value is -3.16. The number of carbonyl (C=O) groups is 1. The second-order valence-electron chi connectivity index (χ2n) is 8.04. The van der Waals surface area contributed by atoms with Gasteiger partial charge in [0.2, 0.25) is 5.91 Å². The Morgan fingerprint density at radius 2 is 2.16 bits per heavy atom. The number of benzene rings is 2. The lowest BCUT2D eigenvalue weighted by Gasteiger charge is -2.16. The molecule has 1 N–H and O–H groups in total. The highest BCUT2D eigenvalue weighted by molar-refractivity contribution is 7.15. The van der Waals surface area contributed by atoms with Crippen LogP contribution < -0.4 is 10.1 Å². The molecule has 1 amide bonds. The van der Waals surface area contributed by atoms with Crippen molar-refractivity contribution in [3.05, 3.63) is 71.4 Å². The van der Waals surface area contributed by atoms with Gasteiger partial charge in [-0.3, -0.25) is 9.20 Å². The number of imidazole rings is 1. The van der Waals surface area contributed by atoms with Gasteiger partial charge in [0, 0.05) is 29.4 Å². The Labute approximate surface area is 190 Å². The largest absolute Gasteiger partial charge is 0.489 e. The van der Waals surface area contributed by atoms with Gasteiger partial charge in [0.25, 0.3) is 0 Å². The summed E-state index contributed by atoms with van der Waals surface area (Å²) in [6.07, 6.45) is 4.45. The number of amides is 1. The van der Waals surface area contributed by atoms with Crippen LogP contribution in [0.1, 0.15) is 24.1 Å². The molecule has 164 valence electrons. The van der Waals surface area contributed by atoms with Gasteiger partial charge in [-0.05, 0) is 37.5 Å². The highest BCUT2D eigenvalue weighted by atomic mass is 32.1. The number of thiazole rings is 1. The maximum Gasteiger partial charge on any atom is 0.230 e. The summed E-state index contributed by atoms with van der Waals surface area (Å²) in [4.78, 5) is 18.5. The maximum atomic E-state index is 12.9. The van der Waals surface area contributed by atoms with Crippen LogP contribution >= 0.6 is 11.3 Å². The Morgan fingerprint density at radius 3 is 2.97 bits per heavy atom. The van der Waals surface area contributed by atoms with E-state index in [2.05, 4.69) is 5.32 Å². The summed E-state index contributed by atoms with van der Waals surface area (Å²) in [7, 11) is 0. The first-order chi connectivity index (χ1) is 15.7. The Bertz CT molecular complexity index is 1230. The zero-order valence-electron chi connectivity index (χ0n) is 17.9. The van der Waals surface area contributed by atoms with Crippen LogP contribution in [-0.2, 0) is 16.0 Å². The minimum absolute atomic E-state index is 0.0921. The third kappa shape index (κ3) is 4.54. The maximum absolute atomic E-state index is 12.9. The lowest BCUT2D eigenvalue weighted by Crippen LogP contribution is -2.19. The number of aromatic nitrogens is 2. The van der Waals surface area contributed by atoms with Crippen molar-refractivity contribution in [3.63, 3.8) is 0 Å². The summed E-state index contributed by atoms with van der Waals surface area (Å²) in [6.45, 7) is 3.30. The predicted molar refractivity (Wildman–Crippen MR) is 126 cm³/mol. The lowest BCUT2D eigenvalue weighted by atomic mass is 10.2. The lowest BCUT2D eigenvalue weighted by molar-refractivity contribution is -0.115. The van der Waals surface area contributed by atoms with E-state index in [4.69, 9.17) is 14.5 Å². The zero-order valence-corrected chi connectivity index (χ0v) is 18.7. The third-order valence-electron chi connectivity index (χ3n) is 5.55. The summed E-state index contributed by atoms with van der Waals surface area (Å²) in [5, 5.41) is 5.01. The Morgan fingerprint density at radius 1 is 1.28 bits per heavy atom. The van der Waals surface area contributed by atoms with Crippen LogP contribution in [0.2, 0.25) is 0 Å². The zero-order chi connectivity index (χ0) is 21.9. The molecule has 1 saturated heterocycles. The van der Waals surface area contributed by atoms with Crippen molar-refractivity contribution in [3.8, 4) is 17.0 Å². The molecule has 2 aromatic heterocycles. The van der Waals surface area contributed by atoms with E-state index in [9.17, 15) is 4.79 Å². The summed E-state index contributed by atoms with van der Waals surface area (Å²) in [6, 6.07) is 15.9. The molecule has 0 spiro atoms. The highest BCUT2D eigenvalue weighted by Crippen LogP contribution is 2.28. The van der Waals surface area contributed by atoms with Gasteiger partial charge in [-0.1, -0.05) is 36.4 Å². The molecule has 5 rings (SSSR count). The van der Waals surface area contributed by atoms with Gasteiger partial charge in [0.05, 0.1) is 23.9 Å². The van der Waals surface area contributed by atoms with Gasteiger partial charge in [0.1, 0.15) is 12.4 Å². The first-order valence-electron chi connectivity index (χ1n) is 10.8. The van der Waals surface area contributed by atoms with Gasteiger partial charge in [0.15, 0.2) is 4.96 Å². The molecule has 0 aliphatic carbocycles. The van der Waals surface area contributed by atoms with Crippen molar-refractivity contribution in [1.29, 1.82) is 0 Å². The second kappa shape index (κ2) is 9.14. The van der Waals surface area contributed by atoms with E-state index in [0.29, 0.717) is 18.0 Å². The molecule has 1 atom stereocenters. The number of nitrogens with zero attached hydrogens (tertiary/aromatic N) is 2. The minimum Gasteiger partial charge on any atom is -0.489 e. The number of anilines is 1. The van der Waals surface area contributed by atoms with Crippen LogP contribution in [0.25, 0.3) is 16.2 Å². The van der Waals surface area contributed by atoms with Crippen molar-refractivity contribution < 1.29 is 14.3 Å². The fraction of sp³-hybridized carbons (Fsp3) is 0.280. The highest BCUT2D eigenvalue weighted by Gasteiger charge is 2.18. The first kappa shape index (κ1) is 20.7. The molecule has 3 heterocycles. The first-order valence-corrected chi connectivity index (χ1v) is 11.7. The molecule has 4 aromatic rings. The second-order valence-corrected chi connectivity index (χ2v) is 8.88. The number of fused-ring (bicyclic) bond motifs is 1. The Kier molecular flexibility index (Phi) is 5.92. The van der Waals surface area contributed by atoms with Crippen LogP contribution in [0.3, 0.4) is 0 Å². The molecule has 0 saturated carbocycles.